The highest BCUT2D eigenvalue weighted by molar-refractivity contribution is 5.78. The van der Waals surface area contributed by atoms with Crippen molar-refractivity contribution in [3.63, 3.8) is 0 Å². The average Bonchev–Trinajstić information content (AvgIpc) is 2.40. The van der Waals surface area contributed by atoms with Gasteiger partial charge in [-0.15, -0.1) is 0 Å². The minimum atomic E-state index is -0.246. The summed E-state index contributed by atoms with van der Waals surface area (Å²) in [7, 11) is 0. The lowest BCUT2D eigenvalue weighted by molar-refractivity contribution is 0.628. The lowest BCUT2D eigenvalue weighted by Crippen LogP contribution is -1.91. The minimum Gasteiger partial charge on any atom is -0.252 e. The molecule has 0 aliphatic carbocycles. The van der Waals surface area contributed by atoms with Gasteiger partial charge in [0.05, 0.1) is 22.9 Å². The standard InChI is InChI=1S/C16H13FN2/c1-10-7-14-15(8-11(10)2)19-16(9-18-14)12-3-5-13(17)6-4-12/h3-9H,1-2H3. The van der Waals surface area contributed by atoms with E-state index in [2.05, 4.69) is 23.8 Å². The molecule has 1 aromatic heterocycles. The van der Waals surface area contributed by atoms with Gasteiger partial charge in [-0.1, -0.05) is 0 Å². The number of hydrogen-bond donors (Lipinski definition) is 0. The van der Waals surface area contributed by atoms with E-state index in [9.17, 15) is 4.39 Å². The molecule has 0 bridgehead atoms. The van der Waals surface area contributed by atoms with Crippen molar-refractivity contribution in [1.82, 2.24) is 9.97 Å². The van der Waals surface area contributed by atoms with Crippen molar-refractivity contribution in [2.45, 2.75) is 13.8 Å². The monoisotopic (exact) mass is 252 g/mol. The maximum atomic E-state index is 12.9. The number of nitrogens with zero attached hydrogens (tertiary/aromatic N) is 2. The van der Waals surface area contributed by atoms with Crippen molar-refractivity contribution < 1.29 is 4.39 Å². The maximum Gasteiger partial charge on any atom is 0.123 e. The summed E-state index contributed by atoms with van der Waals surface area (Å²) in [6, 6.07) is 10.4. The fraction of sp³-hybridized carbons (Fsp3) is 0.125. The van der Waals surface area contributed by atoms with E-state index in [1.807, 2.05) is 12.1 Å². The van der Waals surface area contributed by atoms with Crippen LogP contribution in [0.4, 0.5) is 4.39 Å². The predicted molar refractivity (Wildman–Crippen MR) is 74.4 cm³/mol. The van der Waals surface area contributed by atoms with E-state index in [0.29, 0.717) is 0 Å². The van der Waals surface area contributed by atoms with Crippen molar-refractivity contribution in [3.8, 4) is 11.3 Å². The highest BCUT2D eigenvalue weighted by Gasteiger charge is 2.04. The predicted octanol–water partition coefficient (Wildman–Crippen LogP) is 4.05. The molecule has 0 saturated carbocycles. The van der Waals surface area contributed by atoms with Gasteiger partial charge < -0.3 is 0 Å². The zero-order chi connectivity index (χ0) is 13.4. The Bertz CT molecular complexity index is 749. The summed E-state index contributed by atoms with van der Waals surface area (Å²) in [5, 5.41) is 0. The van der Waals surface area contributed by atoms with Gasteiger partial charge in [0.2, 0.25) is 0 Å². The van der Waals surface area contributed by atoms with Crippen molar-refractivity contribution in [2.75, 3.05) is 0 Å². The van der Waals surface area contributed by atoms with Crippen LogP contribution in [0, 0.1) is 19.7 Å². The van der Waals surface area contributed by atoms with Gasteiger partial charge >= 0.3 is 0 Å². The smallest absolute Gasteiger partial charge is 0.123 e. The van der Waals surface area contributed by atoms with Crippen LogP contribution in [0.25, 0.3) is 22.3 Å². The van der Waals surface area contributed by atoms with Crippen LogP contribution in [-0.2, 0) is 0 Å². The molecule has 1 heterocycles. The molecule has 0 N–H and O–H groups in total. The molecule has 0 fully saturated rings. The number of hydrogen-bond acceptors (Lipinski definition) is 2. The zero-order valence-corrected chi connectivity index (χ0v) is 10.8. The van der Waals surface area contributed by atoms with Gasteiger partial charge in [-0.2, -0.15) is 0 Å². The number of rotatable bonds is 1. The van der Waals surface area contributed by atoms with Crippen LogP contribution in [0.3, 0.4) is 0 Å². The van der Waals surface area contributed by atoms with Gasteiger partial charge in [0.25, 0.3) is 0 Å². The second-order valence-electron chi connectivity index (χ2n) is 4.69. The molecule has 0 aliphatic heterocycles. The number of halogens is 1. The van der Waals surface area contributed by atoms with E-state index in [1.54, 1.807) is 18.3 Å². The number of aryl methyl sites for hydroxylation is 2. The van der Waals surface area contributed by atoms with Crippen molar-refractivity contribution >= 4 is 11.0 Å². The molecule has 3 aromatic rings. The number of fused-ring (bicyclic) bond motifs is 1. The van der Waals surface area contributed by atoms with Crippen LogP contribution in [0.2, 0.25) is 0 Å². The summed E-state index contributed by atoms with van der Waals surface area (Å²) in [6.07, 6.45) is 1.73. The Morgan fingerprint density at radius 2 is 1.53 bits per heavy atom. The largest absolute Gasteiger partial charge is 0.252 e. The summed E-state index contributed by atoms with van der Waals surface area (Å²) in [5.41, 5.74) is 5.78. The van der Waals surface area contributed by atoms with E-state index < -0.39 is 0 Å². The summed E-state index contributed by atoms with van der Waals surface area (Å²) in [5.74, 6) is -0.246. The molecule has 0 amide bonds. The molecular weight excluding hydrogens is 239 g/mol. The van der Waals surface area contributed by atoms with E-state index in [1.165, 1.54) is 23.3 Å². The molecule has 2 aromatic carbocycles. The fourth-order valence-corrected chi connectivity index (χ4v) is 2.03. The lowest BCUT2D eigenvalue weighted by atomic mass is 10.1. The second kappa shape index (κ2) is 4.43. The Hall–Kier alpha value is -2.29. The third kappa shape index (κ3) is 2.19. The van der Waals surface area contributed by atoms with Gasteiger partial charge in [0.15, 0.2) is 0 Å². The Morgan fingerprint density at radius 3 is 2.21 bits per heavy atom. The molecule has 19 heavy (non-hydrogen) atoms. The summed E-state index contributed by atoms with van der Waals surface area (Å²) in [4.78, 5) is 9.02. The normalized spacial score (nSPS) is 10.9. The quantitative estimate of drug-likeness (QED) is 0.653. The van der Waals surface area contributed by atoms with Crippen LogP contribution in [0.5, 0.6) is 0 Å². The first-order valence-electron chi connectivity index (χ1n) is 6.13. The van der Waals surface area contributed by atoms with Crippen molar-refractivity contribution in [1.29, 1.82) is 0 Å². The maximum absolute atomic E-state index is 12.9. The first kappa shape index (κ1) is 11.8. The molecule has 0 atom stereocenters. The first-order chi connectivity index (χ1) is 9.13. The molecule has 0 spiro atoms. The first-order valence-corrected chi connectivity index (χ1v) is 6.13. The Balaban J connectivity index is 2.16. The van der Waals surface area contributed by atoms with Gasteiger partial charge in [-0.25, -0.2) is 9.37 Å². The third-order valence-electron chi connectivity index (χ3n) is 3.30. The highest BCUT2D eigenvalue weighted by Crippen LogP contribution is 2.21. The Morgan fingerprint density at radius 1 is 0.895 bits per heavy atom. The Kier molecular flexibility index (Phi) is 2.75. The van der Waals surface area contributed by atoms with E-state index in [-0.39, 0.29) is 5.82 Å². The third-order valence-corrected chi connectivity index (χ3v) is 3.30. The molecule has 0 saturated heterocycles. The summed E-state index contributed by atoms with van der Waals surface area (Å²) >= 11 is 0. The molecule has 0 aliphatic rings. The average molecular weight is 252 g/mol. The molecule has 3 heteroatoms. The molecular formula is C16H13FN2. The number of benzene rings is 2. The minimum absolute atomic E-state index is 0.246. The summed E-state index contributed by atoms with van der Waals surface area (Å²) < 4.78 is 12.9. The van der Waals surface area contributed by atoms with Crippen LogP contribution < -0.4 is 0 Å². The van der Waals surface area contributed by atoms with Crippen LogP contribution >= 0.6 is 0 Å². The van der Waals surface area contributed by atoms with Gasteiger partial charge in [0.1, 0.15) is 5.82 Å². The molecule has 94 valence electrons. The van der Waals surface area contributed by atoms with E-state index in [0.717, 1.165) is 22.3 Å². The van der Waals surface area contributed by atoms with Gasteiger partial charge in [0, 0.05) is 5.56 Å². The topological polar surface area (TPSA) is 25.8 Å². The molecule has 2 nitrogen and oxygen atoms in total. The van der Waals surface area contributed by atoms with Crippen molar-refractivity contribution in [3.05, 3.63) is 59.5 Å². The SMILES string of the molecule is Cc1cc2ncc(-c3ccc(F)cc3)nc2cc1C. The van der Waals surface area contributed by atoms with E-state index >= 15 is 0 Å². The van der Waals surface area contributed by atoms with Gasteiger partial charge in [-0.3, -0.25) is 4.98 Å². The van der Waals surface area contributed by atoms with Crippen molar-refractivity contribution in [2.24, 2.45) is 0 Å². The Labute approximate surface area is 111 Å². The van der Waals surface area contributed by atoms with E-state index in [4.69, 9.17) is 0 Å². The fourth-order valence-electron chi connectivity index (χ4n) is 2.03. The number of aromatic nitrogens is 2. The zero-order valence-electron chi connectivity index (χ0n) is 10.8. The molecule has 0 unspecified atom stereocenters. The lowest BCUT2D eigenvalue weighted by Gasteiger charge is -2.05. The van der Waals surface area contributed by atoms with Crippen LogP contribution in [0.15, 0.2) is 42.6 Å². The highest BCUT2D eigenvalue weighted by atomic mass is 19.1. The summed E-state index contributed by atoms with van der Waals surface area (Å²) in [6.45, 7) is 4.12. The van der Waals surface area contributed by atoms with Gasteiger partial charge in [-0.05, 0) is 61.4 Å². The molecule has 3 rings (SSSR count). The van der Waals surface area contributed by atoms with Crippen LogP contribution in [0.1, 0.15) is 11.1 Å². The molecule has 0 radical (unpaired) electrons. The second-order valence-corrected chi connectivity index (χ2v) is 4.69. The van der Waals surface area contributed by atoms with Crippen LogP contribution in [-0.4, -0.2) is 9.97 Å².